The molecule has 0 bridgehead atoms. The van der Waals surface area contributed by atoms with Crippen molar-refractivity contribution < 1.29 is 4.79 Å². The molecule has 1 aromatic heterocycles. The number of H-pyrrole nitrogens is 1. The Morgan fingerprint density at radius 3 is 2.59 bits per heavy atom. The summed E-state index contributed by atoms with van der Waals surface area (Å²) in [4.78, 5) is 16.0. The first-order chi connectivity index (χ1) is 12.9. The number of amides is 1. The summed E-state index contributed by atoms with van der Waals surface area (Å²) in [5.74, 6) is -0.368. The molecule has 1 heterocycles. The Hall–Kier alpha value is -3.32. The molecular weight excluding hydrogens is 334 g/mol. The number of nitrogens with zero attached hydrogens (tertiary/aromatic N) is 1. The molecule has 27 heavy (non-hydrogen) atoms. The van der Waals surface area contributed by atoms with Crippen molar-refractivity contribution in [2.24, 2.45) is 0 Å². The minimum Gasteiger partial charge on any atom is -0.358 e. The highest BCUT2D eigenvalue weighted by atomic mass is 16.1. The Kier molecular flexibility index (Phi) is 5.14. The number of hydrogen-bond donors (Lipinski definition) is 2. The van der Waals surface area contributed by atoms with E-state index in [9.17, 15) is 10.1 Å². The number of carbonyl (C=O) groups excluding carboxylic acids is 1. The van der Waals surface area contributed by atoms with E-state index >= 15 is 0 Å². The van der Waals surface area contributed by atoms with Crippen LogP contribution in [-0.4, -0.2) is 10.9 Å². The third kappa shape index (κ3) is 3.78. The van der Waals surface area contributed by atoms with E-state index in [1.54, 1.807) is 6.08 Å². The lowest BCUT2D eigenvalue weighted by Gasteiger charge is -2.15. The van der Waals surface area contributed by atoms with Crippen molar-refractivity contribution in [1.29, 1.82) is 5.26 Å². The molecule has 2 N–H and O–H groups in total. The number of carbonyl (C=O) groups is 1. The van der Waals surface area contributed by atoms with E-state index in [0.29, 0.717) is 0 Å². The van der Waals surface area contributed by atoms with Crippen molar-refractivity contribution in [2.45, 2.75) is 33.7 Å². The van der Waals surface area contributed by atoms with Gasteiger partial charge < -0.3 is 10.3 Å². The van der Waals surface area contributed by atoms with Crippen molar-refractivity contribution in [2.75, 3.05) is 0 Å². The normalized spacial score (nSPS) is 12.6. The summed E-state index contributed by atoms with van der Waals surface area (Å²) in [6, 6.07) is 15.8. The van der Waals surface area contributed by atoms with E-state index in [1.807, 2.05) is 63.2 Å². The van der Waals surface area contributed by atoms with E-state index in [0.717, 1.165) is 27.7 Å². The van der Waals surface area contributed by atoms with Crippen LogP contribution < -0.4 is 5.32 Å². The van der Waals surface area contributed by atoms with Crippen LogP contribution in [0, 0.1) is 32.1 Å². The summed E-state index contributed by atoms with van der Waals surface area (Å²) in [6.45, 7) is 7.97. The number of fused-ring (bicyclic) bond motifs is 1. The molecule has 0 saturated heterocycles. The molecule has 1 atom stereocenters. The average Bonchev–Trinajstić information content (AvgIpc) is 2.96. The standard InChI is InChI=1S/C23H23N3O/c1-14-9-10-18(11-15(14)2)16(3)26-23(27)19(13-24)12-21-17(4)25-22-8-6-5-7-20(21)22/h5-12,16,25H,1-4H3,(H,26,27)/b19-12+. The first kappa shape index (κ1) is 18.5. The summed E-state index contributed by atoms with van der Waals surface area (Å²) in [5, 5.41) is 13.5. The van der Waals surface area contributed by atoms with Gasteiger partial charge in [0, 0.05) is 22.2 Å². The van der Waals surface area contributed by atoms with Gasteiger partial charge in [-0.25, -0.2) is 0 Å². The van der Waals surface area contributed by atoms with Gasteiger partial charge >= 0.3 is 0 Å². The molecule has 0 fully saturated rings. The summed E-state index contributed by atoms with van der Waals surface area (Å²) >= 11 is 0. The number of rotatable bonds is 4. The van der Waals surface area contributed by atoms with Crippen LogP contribution in [0.4, 0.5) is 0 Å². The summed E-state index contributed by atoms with van der Waals surface area (Å²) in [5.41, 5.74) is 6.30. The van der Waals surface area contributed by atoms with Crippen molar-refractivity contribution in [3.8, 4) is 6.07 Å². The first-order valence-electron chi connectivity index (χ1n) is 8.98. The van der Waals surface area contributed by atoms with Gasteiger partial charge in [0.05, 0.1) is 6.04 Å². The third-order valence-corrected chi connectivity index (χ3v) is 4.98. The molecule has 3 aromatic rings. The molecule has 1 amide bonds. The van der Waals surface area contributed by atoms with Crippen molar-refractivity contribution in [1.82, 2.24) is 10.3 Å². The van der Waals surface area contributed by atoms with Gasteiger partial charge in [0.2, 0.25) is 0 Å². The summed E-state index contributed by atoms with van der Waals surface area (Å²) in [7, 11) is 0. The Bertz CT molecular complexity index is 1080. The van der Waals surface area contributed by atoms with Crippen LogP contribution in [-0.2, 0) is 4.79 Å². The number of nitrogens with one attached hydrogen (secondary N) is 2. The molecule has 0 aliphatic rings. The van der Waals surface area contributed by atoms with E-state index in [-0.39, 0.29) is 17.5 Å². The highest BCUT2D eigenvalue weighted by molar-refractivity contribution is 6.04. The van der Waals surface area contributed by atoms with Crippen LogP contribution in [0.2, 0.25) is 0 Å². The molecular formula is C23H23N3O. The molecule has 0 aliphatic heterocycles. The molecule has 2 aromatic carbocycles. The maximum atomic E-state index is 12.7. The van der Waals surface area contributed by atoms with Gasteiger partial charge in [0.1, 0.15) is 11.6 Å². The number of para-hydroxylation sites is 1. The number of hydrogen-bond acceptors (Lipinski definition) is 2. The predicted molar refractivity (Wildman–Crippen MR) is 109 cm³/mol. The Morgan fingerprint density at radius 2 is 1.89 bits per heavy atom. The summed E-state index contributed by atoms with van der Waals surface area (Å²) < 4.78 is 0. The lowest BCUT2D eigenvalue weighted by Crippen LogP contribution is -2.27. The van der Waals surface area contributed by atoms with Crippen molar-refractivity contribution in [3.63, 3.8) is 0 Å². The highest BCUT2D eigenvalue weighted by Gasteiger charge is 2.16. The number of nitriles is 1. The Balaban J connectivity index is 1.87. The van der Waals surface area contributed by atoms with Crippen molar-refractivity contribution >= 4 is 22.9 Å². The first-order valence-corrected chi connectivity index (χ1v) is 8.98. The minimum atomic E-state index is -0.368. The van der Waals surface area contributed by atoms with Gasteiger partial charge in [-0.2, -0.15) is 5.26 Å². The van der Waals surface area contributed by atoms with Crippen LogP contribution in [0.25, 0.3) is 17.0 Å². The lowest BCUT2D eigenvalue weighted by molar-refractivity contribution is -0.117. The number of benzene rings is 2. The van der Waals surface area contributed by atoms with Gasteiger partial charge in [-0.15, -0.1) is 0 Å². The molecule has 1 unspecified atom stereocenters. The number of aryl methyl sites for hydroxylation is 3. The largest absolute Gasteiger partial charge is 0.358 e. The van der Waals surface area contributed by atoms with E-state index < -0.39 is 0 Å². The second-order valence-corrected chi connectivity index (χ2v) is 6.92. The summed E-state index contributed by atoms with van der Waals surface area (Å²) in [6.07, 6.45) is 1.66. The molecule has 0 saturated carbocycles. The highest BCUT2D eigenvalue weighted by Crippen LogP contribution is 2.24. The van der Waals surface area contributed by atoms with Gasteiger partial charge in [0.15, 0.2) is 0 Å². The fourth-order valence-corrected chi connectivity index (χ4v) is 3.17. The van der Waals surface area contributed by atoms with Crippen LogP contribution in [0.15, 0.2) is 48.0 Å². The zero-order valence-electron chi connectivity index (χ0n) is 16.1. The van der Waals surface area contributed by atoms with Crippen LogP contribution >= 0.6 is 0 Å². The van der Waals surface area contributed by atoms with Crippen LogP contribution in [0.1, 0.15) is 40.9 Å². The van der Waals surface area contributed by atoms with Crippen LogP contribution in [0.3, 0.4) is 0 Å². The van der Waals surface area contributed by atoms with Gasteiger partial charge in [-0.3, -0.25) is 4.79 Å². The van der Waals surface area contributed by atoms with Crippen molar-refractivity contribution in [3.05, 3.63) is 76.0 Å². The van der Waals surface area contributed by atoms with Gasteiger partial charge in [-0.05, 0) is 56.5 Å². The average molecular weight is 357 g/mol. The minimum absolute atomic E-state index is 0.0959. The number of aromatic nitrogens is 1. The molecule has 4 nitrogen and oxygen atoms in total. The molecule has 0 spiro atoms. The van der Waals surface area contributed by atoms with Crippen LogP contribution in [0.5, 0.6) is 0 Å². The maximum Gasteiger partial charge on any atom is 0.262 e. The quantitative estimate of drug-likeness (QED) is 0.516. The second-order valence-electron chi connectivity index (χ2n) is 6.92. The number of aromatic amines is 1. The molecule has 3 rings (SSSR count). The zero-order chi connectivity index (χ0) is 19.6. The topological polar surface area (TPSA) is 68.7 Å². The zero-order valence-corrected chi connectivity index (χ0v) is 16.1. The fourth-order valence-electron chi connectivity index (χ4n) is 3.17. The Labute approximate surface area is 159 Å². The SMILES string of the molecule is Cc1ccc(C(C)NC(=O)/C(C#N)=C/c2c(C)[nH]c3ccccc23)cc1C. The van der Waals surface area contributed by atoms with E-state index in [4.69, 9.17) is 0 Å². The monoisotopic (exact) mass is 357 g/mol. The molecule has 0 radical (unpaired) electrons. The van der Waals surface area contributed by atoms with E-state index in [2.05, 4.69) is 23.3 Å². The fraction of sp³-hybridized carbons (Fsp3) is 0.217. The van der Waals surface area contributed by atoms with Gasteiger partial charge in [0.25, 0.3) is 5.91 Å². The second kappa shape index (κ2) is 7.51. The molecule has 4 heteroatoms. The predicted octanol–water partition coefficient (Wildman–Crippen LogP) is 4.88. The van der Waals surface area contributed by atoms with E-state index in [1.165, 1.54) is 11.1 Å². The maximum absolute atomic E-state index is 12.7. The smallest absolute Gasteiger partial charge is 0.262 e. The third-order valence-electron chi connectivity index (χ3n) is 4.98. The molecule has 0 aliphatic carbocycles. The lowest BCUT2D eigenvalue weighted by atomic mass is 10.0. The van der Waals surface area contributed by atoms with Gasteiger partial charge in [-0.1, -0.05) is 36.4 Å². The molecule has 136 valence electrons. The Morgan fingerprint density at radius 1 is 1.15 bits per heavy atom.